The lowest BCUT2D eigenvalue weighted by atomic mass is 10.1. The van der Waals surface area contributed by atoms with E-state index in [9.17, 15) is 0 Å². The summed E-state index contributed by atoms with van der Waals surface area (Å²) in [6.07, 6.45) is 1.53. The third-order valence-electron chi connectivity index (χ3n) is 3.12. The Kier molecular flexibility index (Phi) is 4.71. The highest BCUT2D eigenvalue weighted by atomic mass is 16.5. The third kappa shape index (κ3) is 2.96. The molecule has 2 aromatic heterocycles. The van der Waals surface area contributed by atoms with Crippen molar-refractivity contribution in [1.82, 2.24) is 25.2 Å². The number of nitrogens with one attached hydrogen (secondary N) is 1. The molecule has 2 heterocycles. The molecule has 21 heavy (non-hydrogen) atoms. The molecule has 2 aromatic rings. The summed E-state index contributed by atoms with van der Waals surface area (Å²) in [5, 5.41) is 4.42. The van der Waals surface area contributed by atoms with E-state index in [1.807, 2.05) is 24.6 Å². The van der Waals surface area contributed by atoms with Crippen LogP contribution < -0.4 is 20.7 Å². The van der Waals surface area contributed by atoms with Crippen LogP contribution in [0.4, 0.5) is 0 Å². The molecular formula is C13H20N6O2. The maximum atomic E-state index is 5.72. The molecule has 2 rings (SSSR count). The molecular weight excluding hydrogens is 272 g/mol. The SMILES string of the molecule is CCn1nc(C)cc1C(NN)c1ncc(OC)nc1OC. The molecule has 8 heteroatoms. The average Bonchev–Trinajstić information content (AvgIpc) is 2.89. The zero-order chi connectivity index (χ0) is 15.4. The molecule has 0 fully saturated rings. The number of aromatic nitrogens is 4. The van der Waals surface area contributed by atoms with Gasteiger partial charge in [0.2, 0.25) is 11.8 Å². The Morgan fingerprint density at radius 1 is 1.38 bits per heavy atom. The summed E-state index contributed by atoms with van der Waals surface area (Å²) < 4.78 is 12.2. The topological polar surface area (TPSA) is 100 Å². The van der Waals surface area contributed by atoms with Crippen LogP contribution in [0, 0.1) is 6.92 Å². The largest absolute Gasteiger partial charge is 0.480 e. The van der Waals surface area contributed by atoms with Crippen molar-refractivity contribution in [3.05, 3.63) is 29.3 Å². The first-order valence-corrected chi connectivity index (χ1v) is 6.60. The van der Waals surface area contributed by atoms with Gasteiger partial charge in [0.25, 0.3) is 0 Å². The van der Waals surface area contributed by atoms with Gasteiger partial charge in [-0.15, -0.1) is 0 Å². The van der Waals surface area contributed by atoms with Crippen LogP contribution in [0.15, 0.2) is 12.3 Å². The molecule has 114 valence electrons. The van der Waals surface area contributed by atoms with E-state index in [2.05, 4.69) is 20.5 Å². The van der Waals surface area contributed by atoms with E-state index in [1.54, 1.807) is 0 Å². The molecule has 0 aliphatic heterocycles. The first-order chi connectivity index (χ1) is 10.1. The first-order valence-electron chi connectivity index (χ1n) is 6.60. The van der Waals surface area contributed by atoms with Gasteiger partial charge in [-0.05, 0) is 19.9 Å². The van der Waals surface area contributed by atoms with Gasteiger partial charge in [0, 0.05) is 6.54 Å². The molecule has 0 saturated carbocycles. The molecule has 0 amide bonds. The van der Waals surface area contributed by atoms with Gasteiger partial charge >= 0.3 is 0 Å². The second-order valence-electron chi connectivity index (χ2n) is 4.43. The first kappa shape index (κ1) is 15.2. The lowest BCUT2D eigenvalue weighted by Crippen LogP contribution is -2.31. The zero-order valence-electron chi connectivity index (χ0n) is 12.6. The Labute approximate surface area is 123 Å². The molecule has 0 saturated heterocycles. The van der Waals surface area contributed by atoms with Gasteiger partial charge in [-0.25, -0.2) is 10.4 Å². The number of nitrogens with zero attached hydrogens (tertiary/aromatic N) is 4. The van der Waals surface area contributed by atoms with Gasteiger partial charge in [0.1, 0.15) is 11.7 Å². The Morgan fingerprint density at radius 3 is 2.71 bits per heavy atom. The second kappa shape index (κ2) is 6.51. The third-order valence-corrected chi connectivity index (χ3v) is 3.12. The smallest absolute Gasteiger partial charge is 0.240 e. The summed E-state index contributed by atoms with van der Waals surface area (Å²) in [6, 6.07) is 1.58. The maximum absolute atomic E-state index is 5.72. The fourth-order valence-electron chi connectivity index (χ4n) is 2.17. The molecule has 0 bridgehead atoms. The predicted octanol–water partition coefficient (Wildman–Crippen LogP) is 0.571. The summed E-state index contributed by atoms with van der Waals surface area (Å²) in [5.41, 5.74) is 5.14. The molecule has 0 aliphatic rings. The van der Waals surface area contributed by atoms with E-state index in [0.717, 1.165) is 17.9 Å². The summed E-state index contributed by atoms with van der Waals surface area (Å²) in [7, 11) is 3.06. The maximum Gasteiger partial charge on any atom is 0.240 e. The van der Waals surface area contributed by atoms with Crippen molar-refractivity contribution in [2.24, 2.45) is 5.84 Å². The Bertz CT molecular complexity index is 613. The van der Waals surface area contributed by atoms with Crippen molar-refractivity contribution < 1.29 is 9.47 Å². The summed E-state index contributed by atoms with van der Waals surface area (Å²) in [6.45, 7) is 4.67. The van der Waals surface area contributed by atoms with E-state index in [4.69, 9.17) is 15.3 Å². The molecule has 1 unspecified atom stereocenters. The van der Waals surface area contributed by atoms with Gasteiger partial charge in [-0.1, -0.05) is 0 Å². The van der Waals surface area contributed by atoms with Crippen molar-refractivity contribution >= 4 is 0 Å². The van der Waals surface area contributed by atoms with Crippen molar-refractivity contribution in [2.45, 2.75) is 26.4 Å². The van der Waals surface area contributed by atoms with Crippen LogP contribution in [-0.4, -0.2) is 34.0 Å². The highest BCUT2D eigenvalue weighted by molar-refractivity contribution is 5.32. The van der Waals surface area contributed by atoms with Gasteiger partial charge in [0.05, 0.1) is 31.8 Å². The number of hydrogen-bond acceptors (Lipinski definition) is 7. The molecule has 1 atom stereocenters. The van der Waals surface area contributed by atoms with Gasteiger partial charge < -0.3 is 9.47 Å². The average molecular weight is 292 g/mol. The quantitative estimate of drug-likeness (QED) is 0.593. The fourth-order valence-corrected chi connectivity index (χ4v) is 2.17. The highest BCUT2D eigenvalue weighted by Gasteiger charge is 2.24. The van der Waals surface area contributed by atoms with E-state index in [1.165, 1.54) is 20.4 Å². The Balaban J connectivity index is 2.50. The molecule has 0 radical (unpaired) electrons. The van der Waals surface area contributed by atoms with Gasteiger partial charge in [-0.2, -0.15) is 10.1 Å². The predicted molar refractivity (Wildman–Crippen MR) is 76.9 cm³/mol. The van der Waals surface area contributed by atoms with E-state index in [0.29, 0.717) is 17.5 Å². The number of methoxy groups -OCH3 is 2. The minimum atomic E-state index is -0.375. The van der Waals surface area contributed by atoms with Crippen LogP contribution in [-0.2, 0) is 6.54 Å². The van der Waals surface area contributed by atoms with Crippen LogP contribution in [0.1, 0.15) is 30.0 Å². The molecule has 3 N–H and O–H groups in total. The minimum absolute atomic E-state index is 0.360. The molecule has 0 aliphatic carbocycles. The van der Waals surface area contributed by atoms with Crippen LogP contribution in [0.2, 0.25) is 0 Å². The normalized spacial score (nSPS) is 12.2. The minimum Gasteiger partial charge on any atom is -0.480 e. The van der Waals surface area contributed by atoms with Crippen LogP contribution >= 0.6 is 0 Å². The number of aryl methyl sites for hydroxylation is 2. The highest BCUT2D eigenvalue weighted by Crippen LogP contribution is 2.28. The number of nitrogens with two attached hydrogens (primary N) is 1. The van der Waals surface area contributed by atoms with Crippen molar-refractivity contribution in [2.75, 3.05) is 14.2 Å². The Hall–Kier alpha value is -2.19. The summed E-state index contributed by atoms with van der Waals surface area (Å²) in [5.74, 6) is 6.46. The van der Waals surface area contributed by atoms with Gasteiger partial charge in [0.15, 0.2) is 0 Å². The van der Waals surface area contributed by atoms with Crippen LogP contribution in [0.5, 0.6) is 11.8 Å². The van der Waals surface area contributed by atoms with E-state index in [-0.39, 0.29) is 6.04 Å². The Morgan fingerprint density at radius 2 is 2.14 bits per heavy atom. The van der Waals surface area contributed by atoms with E-state index < -0.39 is 0 Å². The van der Waals surface area contributed by atoms with Gasteiger partial charge in [-0.3, -0.25) is 10.5 Å². The van der Waals surface area contributed by atoms with Crippen LogP contribution in [0.25, 0.3) is 0 Å². The number of ether oxygens (including phenoxy) is 2. The molecule has 0 spiro atoms. The number of hydrazine groups is 1. The van der Waals surface area contributed by atoms with E-state index >= 15 is 0 Å². The lowest BCUT2D eigenvalue weighted by Gasteiger charge is -2.18. The molecule has 0 aromatic carbocycles. The second-order valence-corrected chi connectivity index (χ2v) is 4.43. The monoisotopic (exact) mass is 292 g/mol. The lowest BCUT2D eigenvalue weighted by molar-refractivity contribution is 0.351. The summed E-state index contributed by atoms with van der Waals surface area (Å²) >= 11 is 0. The molecule has 8 nitrogen and oxygen atoms in total. The van der Waals surface area contributed by atoms with Crippen molar-refractivity contribution in [3.63, 3.8) is 0 Å². The fraction of sp³-hybridized carbons (Fsp3) is 0.462. The number of hydrogen-bond donors (Lipinski definition) is 2. The summed E-state index contributed by atoms with van der Waals surface area (Å²) in [4.78, 5) is 8.59. The standard InChI is InChI=1S/C13H20N6O2/c1-5-19-9(6-8(2)18-19)11(17-14)12-13(21-4)16-10(20-3)7-15-12/h6-7,11,17H,5,14H2,1-4H3. The number of rotatable bonds is 6. The zero-order valence-corrected chi connectivity index (χ0v) is 12.6. The van der Waals surface area contributed by atoms with Crippen LogP contribution in [0.3, 0.4) is 0 Å². The van der Waals surface area contributed by atoms with Crippen molar-refractivity contribution in [1.29, 1.82) is 0 Å². The van der Waals surface area contributed by atoms with Crippen molar-refractivity contribution in [3.8, 4) is 11.8 Å².